The van der Waals surface area contributed by atoms with Crippen LogP contribution in [0.25, 0.3) is 0 Å². The first-order valence-electron chi connectivity index (χ1n) is 13.6. The van der Waals surface area contributed by atoms with Gasteiger partial charge in [0.1, 0.15) is 6.10 Å². The number of aliphatic hydroxyl groups excluding tert-OH is 1. The molecule has 0 spiro atoms. The molecule has 1 N–H and O–H groups in total. The van der Waals surface area contributed by atoms with Crippen LogP contribution in [-0.2, 0) is 9.53 Å². The maximum absolute atomic E-state index is 12.1. The van der Waals surface area contributed by atoms with E-state index in [1.807, 2.05) is 0 Å². The predicted octanol–water partition coefficient (Wildman–Crippen LogP) is 6.93. The molecule has 182 valence electrons. The second kappa shape index (κ2) is 9.08. The summed E-state index contributed by atoms with van der Waals surface area (Å²) in [6.07, 6.45) is 14.0. The highest BCUT2D eigenvalue weighted by Gasteiger charge is 2.62. The second-order valence-corrected chi connectivity index (χ2v) is 12.9. The van der Waals surface area contributed by atoms with Crippen LogP contribution >= 0.6 is 0 Å². The Bertz CT molecular complexity index is 726. The number of rotatable bonds is 6. The average molecular weight is 445 g/mol. The Morgan fingerprint density at radius 1 is 1.16 bits per heavy atom. The molecule has 4 aliphatic rings. The summed E-state index contributed by atoms with van der Waals surface area (Å²) in [6.45, 7) is 13.7. The molecule has 0 aromatic carbocycles. The van der Waals surface area contributed by atoms with Gasteiger partial charge in [-0.25, -0.2) is 0 Å². The lowest BCUT2D eigenvalue weighted by atomic mass is 9.47. The van der Waals surface area contributed by atoms with E-state index < -0.39 is 0 Å². The summed E-state index contributed by atoms with van der Waals surface area (Å²) in [5, 5.41) is 10.3. The number of hydrogen-bond acceptors (Lipinski definition) is 3. The van der Waals surface area contributed by atoms with Crippen LogP contribution in [-0.4, -0.2) is 23.3 Å². The van der Waals surface area contributed by atoms with Crippen molar-refractivity contribution in [3.63, 3.8) is 0 Å². The fourth-order valence-electron chi connectivity index (χ4n) is 9.05. The summed E-state index contributed by atoms with van der Waals surface area (Å²) in [5.41, 5.74) is 2.07. The van der Waals surface area contributed by atoms with Crippen LogP contribution in [0.4, 0.5) is 0 Å². The van der Waals surface area contributed by atoms with E-state index in [0.717, 1.165) is 43.9 Å². The standard InChI is InChI=1S/C29H48O3/c1-18(2)8-7-9-19(3)27-26(32-20(4)30)17-25-23-11-10-21-16-22(31)12-14-28(21,5)24(23)13-15-29(25,27)6/h10,18-19,22-27,31H,7-9,11-17H2,1-6H3/t19-,22+,23-,24+,25+,26?,27+,28+,29+/m1/s1. The molecule has 0 aromatic rings. The predicted molar refractivity (Wildman–Crippen MR) is 130 cm³/mol. The van der Waals surface area contributed by atoms with E-state index >= 15 is 0 Å². The molecule has 0 aliphatic heterocycles. The lowest BCUT2D eigenvalue weighted by Gasteiger charge is -2.58. The van der Waals surface area contributed by atoms with Crippen molar-refractivity contribution in [3.8, 4) is 0 Å². The molecular formula is C29H48O3. The maximum atomic E-state index is 12.1. The Morgan fingerprint density at radius 3 is 2.59 bits per heavy atom. The molecule has 4 aliphatic carbocycles. The van der Waals surface area contributed by atoms with Crippen molar-refractivity contribution in [1.82, 2.24) is 0 Å². The third kappa shape index (κ3) is 4.21. The van der Waals surface area contributed by atoms with Gasteiger partial charge in [0.05, 0.1) is 6.10 Å². The van der Waals surface area contributed by atoms with E-state index in [9.17, 15) is 9.90 Å². The molecule has 3 saturated carbocycles. The Hall–Kier alpha value is -0.830. The molecule has 0 aromatic heterocycles. The highest BCUT2D eigenvalue weighted by Crippen LogP contribution is 2.67. The smallest absolute Gasteiger partial charge is 0.302 e. The van der Waals surface area contributed by atoms with Gasteiger partial charge in [0.2, 0.25) is 0 Å². The molecular weight excluding hydrogens is 396 g/mol. The molecule has 1 unspecified atom stereocenters. The molecule has 0 amide bonds. The minimum atomic E-state index is -0.143. The van der Waals surface area contributed by atoms with Crippen molar-refractivity contribution in [1.29, 1.82) is 0 Å². The summed E-state index contributed by atoms with van der Waals surface area (Å²) in [6, 6.07) is 0. The molecule has 0 saturated heterocycles. The zero-order valence-corrected chi connectivity index (χ0v) is 21.5. The number of allylic oxidation sites excluding steroid dienone is 1. The fraction of sp³-hybridized carbons (Fsp3) is 0.897. The summed E-state index contributed by atoms with van der Waals surface area (Å²) in [5.74, 6) is 3.80. The first kappa shape index (κ1) is 24.3. The van der Waals surface area contributed by atoms with Crippen LogP contribution in [0.1, 0.15) is 106 Å². The van der Waals surface area contributed by atoms with Crippen LogP contribution in [0, 0.1) is 46.3 Å². The lowest BCUT2D eigenvalue weighted by molar-refractivity contribution is -0.150. The van der Waals surface area contributed by atoms with Crippen LogP contribution in [0.2, 0.25) is 0 Å². The van der Waals surface area contributed by atoms with Gasteiger partial charge in [0.25, 0.3) is 0 Å². The molecule has 3 fully saturated rings. The SMILES string of the molecule is CC(=O)OC1C[C@H]2[C@@H]3CC=C4C[C@@H](O)CC[C@]4(C)[C@H]3CC[C@]2(C)[C@H]1[C@H](C)CCCC(C)C. The summed E-state index contributed by atoms with van der Waals surface area (Å²) < 4.78 is 6.07. The first-order chi connectivity index (χ1) is 15.1. The average Bonchev–Trinajstić information content (AvgIpc) is 2.99. The number of fused-ring (bicyclic) bond motifs is 5. The number of aliphatic hydroxyl groups is 1. The van der Waals surface area contributed by atoms with Gasteiger partial charge in [-0.2, -0.15) is 0 Å². The van der Waals surface area contributed by atoms with Crippen LogP contribution in [0.15, 0.2) is 11.6 Å². The number of carbonyl (C=O) groups excluding carboxylic acids is 1. The zero-order valence-electron chi connectivity index (χ0n) is 21.5. The van der Waals surface area contributed by atoms with Crippen LogP contribution < -0.4 is 0 Å². The molecule has 0 heterocycles. The van der Waals surface area contributed by atoms with Crippen molar-refractivity contribution in [2.45, 2.75) is 118 Å². The van der Waals surface area contributed by atoms with Gasteiger partial charge in [-0.3, -0.25) is 4.79 Å². The van der Waals surface area contributed by atoms with E-state index in [-0.39, 0.29) is 29.0 Å². The number of ether oxygens (including phenoxy) is 1. The highest BCUT2D eigenvalue weighted by molar-refractivity contribution is 5.66. The Balaban J connectivity index is 1.59. The van der Waals surface area contributed by atoms with E-state index in [1.165, 1.54) is 37.7 Å². The van der Waals surface area contributed by atoms with Crippen molar-refractivity contribution in [2.75, 3.05) is 0 Å². The van der Waals surface area contributed by atoms with E-state index in [1.54, 1.807) is 6.92 Å². The van der Waals surface area contributed by atoms with Crippen molar-refractivity contribution < 1.29 is 14.6 Å². The second-order valence-electron chi connectivity index (χ2n) is 12.9. The largest absolute Gasteiger partial charge is 0.462 e. The third-order valence-electron chi connectivity index (χ3n) is 10.5. The lowest BCUT2D eigenvalue weighted by Crippen LogP contribution is -2.51. The molecule has 3 nitrogen and oxygen atoms in total. The van der Waals surface area contributed by atoms with Gasteiger partial charge >= 0.3 is 5.97 Å². The van der Waals surface area contributed by atoms with E-state index in [4.69, 9.17) is 4.74 Å². The number of hydrogen-bond donors (Lipinski definition) is 1. The fourth-order valence-corrected chi connectivity index (χ4v) is 9.05. The summed E-state index contributed by atoms with van der Waals surface area (Å²) >= 11 is 0. The van der Waals surface area contributed by atoms with Crippen molar-refractivity contribution in [3.05, 3.63) is 11.6 Å². The quantitative estimate of drug-likeness (QED) is 0.357. The third-order valence-corrected chi connectivity index (χ3v) is 10.5. The molecule has 3 heteroatoms. The van der Waals surface area contributed by atoms with E-state index in [2.05, 4.69) is 40.7 Å². The minimum Gasteiger partial charge on any atom is -0.462 e. The summed E-state index contributed by atoms with van der Waals surface area (Å²) in [7, 11) is 0. The topological polar surface area (TPSA) is 46.5 Å². The van der Waals surface area contributed by atoms with Crippen LogP contribution in [0.3, 0.4) is 0 Å². The van der Waals surface area contributed by atoms with Gasteiger partial charge in [-0.1, -0.05) is 65.5 Å². The number of esters is 1. The molecule has 4 rings (SSSR count). The minimum absolute atomic E-state index is 0.0849. The van der Waals surface area contributed by atoms with Crippen molar-refractivity contribution >= 4 is 5.97 Å². The zero-order chi connectivity index (χ0) is 23.3. The molecule has 32 heavy (non-hydrogen) atoms. The Morgan fingerprint density at radius 2 is 1.91 bits per heavy atom. The maximum Gasteiger partial charge on any atom is 0.302 e. The van der Waals surface area contributed by atoms with Crippen molar-refractivity contribution in [2.24, 2.45) is 46.3 Å². The highest BCUT2D eigenvalue weighted by atomic mass is 16.5. The Labute approximate surface area is 196 Å². The number of carbonyl (C=O) groups is 1. The first-order valence-corrected chi connectivity index (χ1v) is 13.6. The van der Waals surface area contributed by atoms with Gasteiger partial charge < -0.3 is 9.84 Å². The van der Waals surface area contributed by atoms with Gasteiger partial charge in [0.15, 0.2) is 0 Å². The van der Waals surface area contributed by atoms with Gasteiger partial charge in [-0.05, 0) is 85.4 Å². The van der Waals surface area contributed by atoms with Gasteiger partial charge in [0, 0.05) is 12.8 Å². The van der Waals surface area contributed by atoms with Gasteiger partial charge in [-0.15, -0.1) is 0 Å². The van der Waals surface area contributed by atoms with Crippen LogP contribution in [0.5, 0.6) is 0 Å². The normalized spacial score (nSPS) is 44.3. The molecule has 0 radical (unpaired) electrons. The molecule has 0 bridgehead atoms. The molecule has 9 atom stereocenters. The van der Waals surface area contributed by atoms with E-state index in [0.29, 0.717) is 23.7 Å². The summed E-state index contributed by atoms with van der Waals surface area (Å²) in [4.78, 5) is 12.1. The Kier molecular flexibility index (Phi) is 6.90. The monoisotopic (exact) mass is 444 g/mol.